The van der Waals surface area contributed by atoms with Crippen LogP contribution in [0.1, 0.15) is 11.3 Å². The van der Waals surface area contributed by atoms with Crippen molar-refractivity contribution in [2.45, 2.75) is 6.42 Å². The van der Waals surface area contributed by atoms with Gasteiger partial charge in [-0.05, 0) is 17.7 Å². The number of hydrogen-bond donors (Lipinski definition) is 1. The maximum absolute atomic E-state index is 10.6. The first kappa shape index (κ1) is 13.1. The van der Waals surface area contributed by atoms with Gasteiger partial charge >= 0.3 is 0 Å². The van der Waals surface area contributed by atoms with Crippen LogP contribution in [0.3, 0.4) is 0 Å². The zero-order valence-corrected chi connectivity index (χ0v) is 11.2. The van der Waals surface area contributed by atoms with Crippen LogP contribution in [0.4, 0.5) is 5.69 Å². The quantitative estimate of drug-likeness (QED) is 0.586. The molecule has 0 aliphatic rings. The standard InChI is InChI=1S/C16H13N3O2/c20-19(21)15-8-6-13(7-9-15)16-17-11-14(18-16)10-12-4-2-1-3-5-12/h1-9,11H,10H2,(H,17,18). The second kappa shape index (κ2) is 5.58. The molecule has 0 fully saturated rings. The van der Waals surface area contributed by atoms with E-state index < -0.39 is 4.92 Å². The second-order valence-electron chi connectivity index (χ2n) is 4.72. The Morgan fingerprint density at radius 2 is 1.76 bits per heavy atom. The Kier molecular flexibility index (Phi) is 3.47. The minimum absolute atomic E-state index is 0.0785. The van der Waals surface area contributed by atoms with Gasteiger partial charge < -0.3 is 4.98 Å². The van der Waals surface area contributed by atoms with Crippen molar-refractivity contribution >= 4 is 5.69 Å². The molecule has 5 heteroatoms. The Bertz CT molecular complexity index is 749. The fourth-order valence-corrected chi connectivity index (χ4v) is 2.15. The van der Waals surface area contributed by atoms with Crippen molar-refractivity contribution in [3.63, 3.8) is 0 Å². The van der Waals surface area contributed by atoms with Crippen molar-refractivity contribution in [1.29, 1.82) is 0 Å². The Hall–Kier alpha value is -2.95. The van der Waals surface area contributed by atoms with Gasteiger partial charge in [0.2, 0.25) is 0 Å². The molecule has 0 saturated carbocycles. The van der Waals surface area contributed by atoms with E-state index in [2.05, 4.69) is 22.1 Å². The van der Waals surface area contributed by atoms with Gasteiger partial charge in [0.25, 0.3) is 5.69 Å². The molecule has 0 unspecified atom stereocenters. The van der Waals surface area contributed by atoms with E-state index in [1.165, 1.54) is 17.7 Å². The third-order valence-corrected chi connectivity index (χ3v) is 3.22. The van der Waals surface area contributed by atoms with Crippen LogP contribution in [0.25, 0.3) is 11.4 Å². The van der Waals surface area contributed by atoms with Crippen LogP contribution in [0.15, 0.2) is 60.8 Å². The van der Waals surface area contributed by atoms with Crippen LogP contribution >= 0.6 is 0 Å². The first-order valence-corrected chi connectivity index (χ1v) is 6.55. The highest BCUT2D eigenvalue weighted by molar-refractivity contribution is 5.57. The molecule has 2 aromatic carbocycles. The van der Waals surface area contributed by atoms with Gasteiger partial charge in [-0.2, -0.15) is 0 Å². The van der Waals surface area contributed by atoms with Crippen LogP contribution in [-0.4, -0.2) is 14.9 Å². The average Bonchev–Trinajstić information content (AvgIpc) is 2.97. The first-order valence-electron chi connectivity index (χ1n) is 6.55. The summed E-state index contributed by atoms with van der Waals surface area (Å²) in [5.74, 6) is 0.718. The monoisotopic (exact) mass is 279 g/mol. The lowest BCUT2D eigenvalue weighted by Crippen LogP contribution is -1.89. The Morgan fingerprint density at radius 3 is 2.43 bits per heavy atom. The number of rotatable bonds is 4. The number of benzene rings is 2. The molecule has 0 aliphatic heterocycles. The van der Waals surface area contributed by atoms with Gasteiger partial charge in [0.15, 0.2) is 0 Å². The highest BCUT2D eigenvalue weighted by Crippen LogP contribution is 2.20. The molecule has 0 amide bonds. The number of nitrogens with one attached hydrogen (secondary N) is 1. The van der Waals surface area contributed by atoms with Crippen LogP contribution in [0, 0.1) is 10.1 Å². The van der Waals surface area contributed by atoms with Crippen LogP contribution in [-0.2, 0) is 6.42 Å². The van der Waals surface area contributed by atoms with E-state index in [9.17, 15) is 10.1 Å². The van der Waals surface area contributed by atoms with Crippen molar-refractivity contribution in [1.82, 2.24) is 9.97 Å². The van der Waals surface area contributed by atoms with E-state index in [1.807, 2.05) is 18.2 Å². The topological polar surface area (TPSA) is 71.8 Å². The number of aromatic amines is 1. The number of nitro benzene ring substituents is 1. The van der Waals surface area contributed by atoms with Gasteiger partial charge in [0.05, 0.1) is 4.92 Å². The number of H-pyrrole nitrogens is 1. The summed E-state index contributed by atoms with van der Waals surface area (Å²) in [6.07, 6.45) is 2.57. The summed E-state index contributed by atoms with van der Waals surface area (Å²) in [7, 11) is 0. The van der Waals surface area contributed by atoms with Gasteiger partial charge in [0, 0.05) is 36.0 Å². The largest absolute Gasteiger partial charge is 0.342 e. The summed E-state index contributed by atoms with van der Waals surface area (Å²) >= 11 is 0. The summed E-state index contributed by atoms with van der Waals surface area (Å²) in [6.45, 7) is 0. The molecule has 0 bridgehead atoms. The molecule has 1 N–H and O–H groups in total. The molecule has 0 radical (unpaired) electrons. The average molecular weight is 279 g/mol. The minimum Gasteiger partial charge on any atom is -0.342 e. The van der Waals surface area contributed by atoms with E-state index in [4.69, 9.17) is 0 Å². The summed E-state index contributed by atoms with van der Waals surface area (Å²) in [6, 6.07) is 16.5. The van der Waals surface area contributed by atoms with Gasteiger partial charge in [-0.3, -0.25) is 10.1 Å². The molecule has 0 saturated heterocycles. The summed E-state index contributed by atoms with van der Waals surface area (Å²) in [4.78, 5) is 17.8. The molecule has 1 aromatic heterocycles. The molecule has 5 nitrogen and oxygen atoms in total. The fraction of sp³-hybridized carbons (Fsp3) is 0.0625. The molecule has 0 atom stereocenters. The van der Waals surface area contributed by atoms with Crippen molar-refractivity contribution in [3.05, 3.63) is 82.2 Å². The predicted octanol–water partition coefficient (Wildman–Crippen LogP) is 3.58. The molecule has 21 heavy (non-hydrogen) atoms. The summed E-state index contributed by atoms with van der Waals surface area (Å²) in [5, 5.41) is 10.6. The number of aromatic nitrogens is 2. The third-order valence-electron chi connectivity index (χ3n) is 3.22. The molecule has 3 aromatic rings. The molecule has 1 heterocycles. The maximum Gasteiger partial charge on any atom is 0.269 e. The van der Waals surface area contributed by atoms with E-state index in [0.717, 1.165) is 23.5 Å². The van der Waals surface area contributed by atoms with Gasteiger partial charge in [-0.25, -0.2) is 4.98 Å². The zero-order chi connectivity index (χ0) is 14.7. The SMILES string of the molecule is O=[N+]([O-])c1ccc(-c2ncc(Cc3ccccc3)[nH]2)cc1. The summed E-state index contributed by atoms with van der Waals surface area (Å²) in [5.41, 5.74) is 3.13. The van der Waals surface area contributed by atoms with Crippen LogP contribution in [0.2, 0.25) is 0 Å². The van der Waals surface area contributed by atoms with E-state index in [1.54, 1.807) is 18.3 Å². The number of imidazole rings is 1. The molecule has 3 rings (SSSR count). The predicted molar refractivity (Wildman–Crippen MR) is 79.9 cm³/mol. The first-order chi connectivity index (χ1) is 10.2. The lowest BCUT2D eigenvalue weighted by molar-refractivity contribution is -0.384. The number of hydrogen-bond acceptors (Lipinski definition) is 3. The fourth-order valence-electron chi connectivity index (χ4n) is 2.15. The highest BCUT2D eigenvalue weighted by atomic mass is 16.6. The van der Waals surface area contributed by atoms with Crippen molar-refractivity contribution in [2.24, 2.45) is 0 Å². The second-order valence-corrected chi connectivity index (χ2v) is 4.72. The van der Waals surface area contributed by atoms with Crippen LogP contribution < -0.4 is 0 Å². The minimum atomic E-state index is -0.410. The Balaban J connectivity index is 1.80. The van der Waals surface area contributed by atoms with E-state index in [-0.39, 0.29) is 5.69 Å². The smallest absolute Gasteiger partial charge is 0.269 e. The normalized spacial score (nSPS) is 10.5. The van der Waals surface area contributed by atoms with Gasteiger partial charge in [0.1, 0.15) is 5.82 Å². The molecule has 0 aliphatic carbocycles. The Labute approximate surface area is 121 Å². The molecule has 104 valence electrons. The van der Waals surface area contributed by atoms with Crippen LogP contribution in [0.5, 0.6) is 0 Å². The highest BCUT2D eigenvalue weighted by Gasteiger charge is 2.08. The van der Waals surface area contributed by atoms with E-state index >= 15 is 0 Å². The van der Waals surface area contributed by atoms with Gasteiger partial charge in [-0.1, -0.05) is 30.3 Å². The lowest BCUT2D eigenvalue weighted by Gasteiger charge is -1.99. The lowest BCUT2D eigenvalue weighted by atomic mass is 10.1. The molecular weight excluding hydrogens is 266 g/mol. The molecule has 0 spiro atoms. The number of nitrogens with zero attached hydrogens (tertiary/aromatic N) is 2. The summed E-state index contributed by atoms with van der Waals surface area (Å²) < 4.78 is 0. The third kappa shape index (κ3) is 2.97. The van der Waals surface area contributed by atoms with E-state index in [0.29, 0.717) is 0 Å². The van der Waals surface area contributed by atoms with Crippen molar-refractivity contribution in [2.75, 3.05) is 0 Å². The van der Waals surface area contributed by atoms with Crippen molar-refractivity contribution in [3.8, 4) is 11.4 Å². The maximum atomic E-state index is 10.6. The number of non-ortho nitro benzene ring substituents is 1. The molecular formula is C16H13N3O2. The van der Waals surface area contributed by atoms with Crippen molar-refractivity contribution < 1.29 is 4.92 Å². The number of nitro groups is 1. The zero-order valence-electron chi connectivity index (χ0n) is 11.2. The Morgan fingerprint density at radius 1 is 1.05 bits per heavy atom. The van der Waals surface area contributed by atoms with Gasteiger partial charge in [-0.15, -0.1) is 0 Å².